The standard InChI is InChI=1S/C12H16S/c1-5-11(4)13-12-7-6-9(2)8-10(12)3/h5-8,11H,1H2,2-4H3. The quantitative estimate of drug-likeness (QED) is 0.516. The number of rotatable bonds is 3. The number of benzene rings is 1. The molecule has 1 rings (SSSR count). The molecular weight excluding hydrogens is 176 g/mol. The van der Waals surface area contributed by atoms with Crippen LogP contribution in [0.5, 0.6) is 0 Å². The van der Waals surface area contributed by atoms with Crippen molar-refractivity contribution in [3.8, 4) is 0 Å². The second-order valence-electron chi connectivity index (χ2n) is 3.33. The molecular formula is C12H16S. The zero-order chi connectivity index (χ0) is 9.84. The predicted octanol–water partition coefficient (Wildman–Crippen LogP) is 3.97. The van der Waals surface area contributed by atoms with Gasteiger partial charge in [-0.25, -0.2) is 0 Å². The van der Waals surface area contributed by atoms with Crippen molar-refractivity contribution in [1.82, 2.24) is 0 Å². The van der Waals surface area contributed by atoms with E-state index in [-0.39, 0.29) is 0 Å². The first-order valence-electron chi connectivity index (χ1n) is 4.50. The van der Waals surface area contributed by atoms with Gasteiger partial charge in [0.15, 0.2) is 0 Å². The first-order valence-corrected chi connectivity index (χ1v) is 5.38. The SMILES string of the molecule is C=CC(C)Sc1ccc(C)cc1C. The van der Waals surface area contributed by atoms with Gasteiger partial charge in [-0.15, -0.1) is 18.3 Å². The third-order valence-electron chi connectivity index (χ3n) is 1.98. The van der Waals surface area contributed by atoms with E-state index in [1.54, 1.807) is 0 Å². The Bertz CT molecular complexity index is 302. The summed E-state index contributed by atoms with van der Waals surface area (Å²) in [6.07, 6.45) is 1.98. The van der Waals surface area contributed by atoms with Crippen LogP contribution in [0.3, 0.4) is 0 Å². The predicted molar refractivity (Wildman–Crippen MR) is 61.4 cm³/mol. The summed E-state index contributed by atoms with van der Waals surface area (Å²) in [4.78, 5) is 1.36. The molecule has 0 saturated heterocycles. The molecule has 70 valence electrons. The van der Waals surface area contributed by atoms with Gasteiger partial charge < -0.3 is 0 Å². The van der Waals surface area contributed by atoms with Crippen LogP contribution in [0, 0.1) is 13.8 Å². The van der Waals surface area contributed by atoms with Gasteiger partial charge in [0.2, 0.25) is 0 Å². The molecule has 1 aromatic carbocycles. The molecule has 1 aromatic rings. The van der Waals surface area contributed by atoms with Crippen molar-refractivity contribution in [2.75, 3.05) is 0 Å². The third kappa shape index (κ3) is 2.92. The van der Waals surface area contributed by atoms with Gasteiger partial charge in [-0.1, -0.05) is 23.8 Å². The van der Waals surface area contributed by atoms with Gasteiger partial charge >= 0.3 is 0 Å². The van der Waals surface area contributed by atoms with E-state index < -0.39 is 0 Å². The summed E-state index contributed by atoms with van der Waals surface area (Å²) in [5, 5.41) is 0.487. The minimum atomic E-state index is 0.487. The van der Waals surface area contributed by atoms with Crippen LogP contribution in [-0.4, -0.2) is 5.25 Å². The molecule has 0 spiro atoms. The fourth-order valence-corrected chi connectivity index (χ4v) is 2.07. The van der Waals surface area contributed by atoms with E-state index >= 15 is 0 Å². The monoisotopic (exact) mass is 192 g/mol. The molecule has 0 aliphatic carbocycles. The highest BCUT2D eigenvalue weighted by Crippen LogP contribution is 2.27. The number of hydrogen-bond acceptors (Lipinski definition) is 1. The molecule has 0 amide bonds. The van der Waals surface area contributed by atoms with Gasteiger partial charge in [0.1, 0.15) is 0 Å². The number of thioether (sulfide) groups is 1. The molecule has 0 fully saturated rings. The summed E-state index contributed by atoms with van der Waals surface area (Å²) < 4.78 is 0. The minimum Gasteiger partial charge on any atom is -0.119 e. The Hall–Kier alpha value is -0.690. The number of hydrogen-bond donors (Lipinski definition) is 0. The summed E-state index contributed by atoms with van der Waals surface area (Å²) >= 11 is 1.86. The Morgan fingerprint density at radius 2 is 2.08 bits per heavy atom. The molecule has 1 unspecified atom stereocenters. The van der Waals surface area contributed by atoms with Crippen molar-refractivity contribution in [1.29, 1.82) is 0 Å². The maximum absolute atomic E-state index is 3.78. The fourth-order valence-electron chi connectivity index (χ4n) is 1.18. The molecule has 0 heterocycles. The molecule has 1 heteroatoms. The third-order valence-corrected chi connectivity index (χ3v) is 3.25. The van der Waals surface area contributed by atoms with Crippen LogP contribution in [0.2, 0.25) is 0 Å². The lowest BCUT2D eigenvalue weighted by Crippen LogP contribution is -1.90. The molecule has 13 heavy (non-hydrogen) atoms. The van der Waals surface area contributed by atoms with Crippen LogP contribution in [0.15, 0.2) is 35.7 Å². The Kier molecular flexibility index (Phi) is 3.61. The minimum absolute atomic E-state index is 0.487. The van der Waals surface area contributed by atoms with Crippen molar-refractivity contribution < 1.29 is 0 Å². The van der Waals surface area contributed by atoms with Crippen molar-refractivity contribution in [3.63, 3.8) is 0 Å². The molecule has 0 N–H and O–H groups in total. The zero-order valence-corrected chi connectivity index (χ0v) is 9.32. The molecule has 0 aromatic heterocycles. The normalized spacial score (nSPS) is 12.5. The maximum atomic E-state index is 3.78. The van der Waals surface area contributed by atoms with Gasteiger partial charge in [0.25, 0.3) is 0 Å². The highest BCUT2D eigenvalue weighted by molar-refractivity contribution is 8.00. The molecule has 0 aliphatic heterocycles. The smallest absolute Gasteiger partial charge is 0.0243 e. The highest BCUT2D eigenvalue weighted by Gasteiger charge is 2.02. The van der Waals surface area contributed by atoms with Crippen LogP contribution in [0.4, 0.5) is 0 Å². The second kappa shape index (κ2) is 4.52. The van der Waals surface area contributed by atoms with Crippen molar-refractivity contribution in [2.45, 2.75) is 30.9 Å². The van der Waals surface area contributed by atoms with Crippen LogP contribution < -0.4 is 0 Å². The van der Waals surface area contributed by atoms with Gasteiger partial charge in [-0.05, 0) is 32.4 Å². The number of aryl methyl sites for hydroxylation is 2. The molecule has 0 radical (unpaired) electrons. The Morgan fingerprint density at radius 1 is 1.38 bits per heavy atom. The van der Waals surface area contributed by atoms with E-state index in [2.05, 4.69) is 45.5 Å². The molecule has 0 aliphatic rings. The highest BCUT2D eigenvalue weighted by atomic mass is 32.2. The van der Waals surface area contributed by atoms with Crippen LogP contribution in [0.1, 0.15) is 18.1 Å². The Labute approximate surface area is 85.1 Å². The average Bonchev–Trinajstić information content (AvgIpc) is 2.09. The van der Waals surface area contributed by atoms with E-state index in [0.29, 0.717) is 5.25 Å². The fraction of sp³-hybridized carbons (Fsp3) is 0.333. The van der Waals surface area contributed by atoms with E-state index in [9.17, 15) is 0 Å². The summed E-state index contributed by atoms with van der Waals surface area (Å²) in [7, 11) is 0. The summed E-state index contributed by atoms with van der Waals surface area (Å²) in [6, 6.07) is 6.57. The van der Waals surface area contributed by atoms with Crippen molar-refractivity contribution in [2.24, 2.45) is 0 Å². The van der Waals surface area contributed by atoms with Gasteiger partial charge in [0.05, 0.1) is 0 Å². The lowest BCUT2D eigenvalue weighted by molar-refractivity contribution is 1.21. The first-order chi connectivity index (χ1) is 6.13. The molecule has 0 bridgehead atoms. The van der Waals surface area contributed by atoms with E-state index in [1.165, 1.54) is 16.0 Å². The zero-order valence-electron chi connectivity index (χ0n) is 8.50. The average molecular weight is 192 g/mol. The second-order valence-corrected chi connectivity index (χ2v) is 4.75. The van der Waals surface area contributed by atoms with Gasteiger partial charge in [-0.3, -0.25) is 0 Å². The summed E-state index contributed by atoms with van der Waals surface area (Å²) in [6.45, 7) is 10.2. The van der Waals surface area contributed by atoms with Crippen LogP contribution in [0.25, 0.3) is 0 Å². The Balaban J connectivity index is 2.83. The summed E-state index contributed by atoms with van der Waals surface area (Å²) in [5.41, 5.74) is 2.69. The lowest BCUT2D eigenvalue weighted by atomic mass is 10.2. The molecule has 0 saturated carbocycles. The first kappa shape index (κ1) is 10.4. The maximum Gasteiger partial charge on any atom is 0.0243 e. The summed E-state index contributed by atoms with van der Waals surface area (Å²) in [5.74, 6) is 0. The van der Waals surface area contributed by atoms with Gasteiger partial charge in [0, 0.05) is 10.1 Å². The van der Waals surface area contributed by atoms with Crippen molar-refractivity contribution in [3.05, 3.63) is 42.0 Å². The van der Waals surface area contributed by atoms with Crippen molar-refractivity contribution >= 4 is 11.8 Å². The van der Waals surface area contributed by atoms with E-state index in [4.69, 9.17) is 0 Å². The van der Waals surface area contributed by atoms with E-state index in [1.807, 2.05) is 17.8 Å². The van der Waals surface area contributed by atoms with E-state index in [0.717, 1.165) is 0 Å². The molecule has 1 atom stereocenters. The van der Waals surface area contributed by atoms with Gasteiger partial charge in [-0.2, -0.15) is 0 Å². The lowest BCUT2D eigenvalue weighted by Gasteiger charge is -2.09. The molecule has 0 nitrogen and oxygen atoms in total. The van der Waals surface area contributed by atoms with Crippen LogP contribution in [-0.2, 0) is 0 Å². The van der Waals surface area contributed by atoms with Crippen LogP contribution >= 0.6 is 11.8 Å². The largest absolute Gasteiger partial charge is 0.119 e. The Morgan fingerprint density at radius 3 is 2.62 bits per heavy atom. The topological polar surface area (TPSA) is 0 Å².